The Bertz CT molecular complexity index is 830. The zero-order valence-electron chi connectivity index (χ0n) is 15.2. The van der Waals surface area contributed by atoms with E-state index < -0.39 is 5.92 Å². The van der Waals surface area contributed by atoms with Gasteiger partial charge in [0.25, 0.3) is 5.91 Å². The van der Waals surface area contributed by atoms with Crippen molar-refractivity contribution in [2.45, 2.75) is 13.8 Å². The normalized spacial score (nSPS) is 19.6. The number of aliphatic hydroxyl groups is 1. The van der Waals surface area contributed by atoms with Crippen LogP contribution in [-0.2, 0) is 4.79 Å². The number of nitrogens with zero attached hydrogens (tertiary/aromatic N) is 2. The second-order valence-electron chi connectivity index (χ2n) is 6.86. The van der Waals surface area contributed by atoms with Gasteiger partial charge < -0.3 is 15.3 Å². The molecule has 2 heterocycles. The van der Waals surface area contributed by atoms with Crippen LogP contribution in [0.5, 0.6) is 0 Å². The minimum atomic E-state index is -0.393. The zero-order chi connectivity index (χ0) is 18.8. The van der Waals surface area contributed by atoms with Crippen LogP contribution in [0.1, 0.15) is 21.6 Å². The summed E-state index contributed by atoms with van der Waals surface area (Å²) in [5.74, 6) is -1.00. The molecule has 0 radical (unpaired) electrons. The van der Waals surface area contributed by atoms with Crippen molar-refractivity contribution in [3.8, 4) is 11.3 Å². The molecule has 138 valence electrons. The number of carbonyl (C=O) groups is 2. The summed E-state index contributed by atoms with van der Waals surface area (Å²) in [5.41, 5.74) is 4.34. The fourth-order valence-electron chi connectivity index (χ4n) is 3.55. The summed E-state index contributed by atoms with van der Waals surface area (Å²) in [5, 5.41) is 19.2. The molecule has 0 aliphatic carbocycles. The lowest BCUT2D eigenvalue weighted by Crippen LogP contribution is -2.34. The lowest BCUT2D eigenvalue weighted by Gasteiger charge is -2.14. The summed E-state index contributed by atoms with van der Waals surface area (Å²) in [7, 11) is 1.56. The number of hydrogen-bond acceptors (Lipinski definition) is 4. The fraction of sp³-hybridized carbons (Fsp3) is 0.421. The highest BCUT2D eigenvalue weighted by Crippen LogP contribution is 2.27. The third-order valence-electron chi connectivity index (χ3n) is 5.01. The van der Waals surface area contributed by atoms with Crippen molar-refractivity contribution in [3.63, 3.8) is 0 Å². The van der Waals surface area contributed by atoms with Gasteiger partial charge in [0.1, 0.15) is 5.69 Å². The summed E-state index contributed by atoms with van der Waals surface area (Å²) in [4.78, 5) is 26.3. The summed E-state index contributed by atoms with van der Waals surface area (Å²) in [6.07, 6.45) is 0. The van der Waals surface area contributed by atoms with Crippen molar-refractivity contribution in [1.29, 1.82) is 0 Å². The molecule has 0 bridgehead atoms. The zero-order valence-corrected chi connectivity index (χ0v) is 15.2. The topological polar surface area (TPSA) is 98.3 Å². The molecule has 1 saturated heterocycles. The molecule has 0 spiro atoms. The molecule has 1 fully saturated rings. The van der Waals surface area contributed by atoms with E-state index in [1.54, 1.807) is 18.0 Å². The highest BCUT2D eigenvalue weighted by molar-refractivity contribution is 5.94. The largest absolute Gasteiger partial charge is 0.396 e. The van der Waals surface area contributed by atoms with E-state index in [0.29, 0.717) is 24.5 Å². The van der Waals surface area contributed by atoms with Crippen LogP contribution in [0.2, 0.25) is 0 Å². The average Bonchev–Trinajstić information content (AvgIpc) is 3.27. The molecule has 0 saturated carbocycles. The van der Waals surface area contributed by atoms with E-state index in [2.05, 4.69) is 21.6 Å². The first-order valence-corrected chi connectivity index (χ1v) is 8.69. The molecule has 7 heteroatoms. The van der Waals surface area contributed by atoms with Gasteiger partial charge in [0.2, 0.25) is 5.91 Å². The number of aromatic nitrogens is 2. The molecule has 2 aromatic rings. The number of H-pyrrole nitrogens is 1. The Kier molecular flexibility index (Phi) is 5.08. The Morgan fingerprint density at radius 1 is 1.31 bits per heavy atom. The third kappa shape index (κ3) is 3.35. The van der Waals surface area contributed by atoms with Crippen LogP contribution in [-0.4, -0.2) is 58.8 Å². The van der Waals surface area contributed by atoms with Crippen molar-refractivity contribution in [2.24, 2.45) is 11.8 Å². The standard InChI is InChI=1S/C19H24N4O3/c1-11-4-5-14(12(2)6-11)16-7-17(22-21-16)19(26)23-8-13(10-24)15(9-23)18(25)20-3/h4-7,13,15,24H,8-10H2,1-3H3,(H,20,25)(H,21,22). The van der Waals surface area contributed by atoms with Gasteiger partial charge in [0, 0.05) is 38.2 Å². The summed E-state index contributed by atoms with van der Waals surface area (Å²) >= 11 is 0. The molecule has 1 aromatic heterocycles. The van der Waals surface area contributed by atoms with Gasteiger partial charge in [-0.15, -0.1) is 0 Å². The Morgan fingerprint density at radius 3 is 2.73 bits per heavy atom. The van der Waals surface area contributed by atoms with E-state index in [-0.39, 0.29) is 24.3 Å². The van der Waals surface area contributed by atoms with Gasteiger partial charge in [-0.05, 0) is 25.5 Å². The Labute approximate surface area is 152 Å². The molecule has 3 rings (SSSR count). The molecule has 7 nitrogen and oxygen atoms in total. The number of rotatable bonds is 4. The molecule has 3 N–H and O–H groups in total. The highest BCUT2D eigenvalue weighted by atomic mass is 16.3. The molecule has 26 heavy (non-hydrogen) atoms. The van der Waals surface area contributed by atoms with Gasteiger partial charge in [-0.25, -0.2) is 0 Å². The molecule has 2 atom stereocenters. The molecular weight excluding hydrogens is 332 g/mol. The maximum absolute atomic E-state index is 12.8. The van der Waals surface area contributed by atoms with E-state index in [1.165, 1.54) is 5.56 Å². The van der Waals surface area contributed by atoms with Crippen LogP contribution < -0.4 is 5.32 Å². The maximum atomic E-state index is 12.8. The van der Waals surface area contributed by atoms with Crippen LogP contribution in [0.25, 0.3) is 11.3 Å². The molecule has 1 aliphatic rings. The van der Waals surface area contributed by atoms with Crippen molar-refractivity contribution in [2.75, 3.05) is 26.7 Å². The van der Waals surface area contributed by atoms with Crippen LogP contribution in [0, 0.1) is 25.7 Å². The van der Waals surface area contributed by atoms with Crippen LogP contribution in [0.4, 0.5) is 0 Å². The predicted octanol–water partition coefficient (Wildman–Crippen LogP) is 1.12. The number of hydrogen-bond donors (Lipinski definition) is 3. The SMILES string of the molecule is CNC(=O)C1CN(C(=O)c2cc(-c3ccc(C)cc3C)n[nH]2)CC1CO. The van der Waals surface area contributed by atoms with Gasteiger partial charge in [-0.3, -0.25) is 14.7 Å². The van der Waals surface area contributed by atoms with Crippen molar-refractivity contribution in [1.82, 2.24) is 20.4 Å². The molecule has 2 amide bonds. The fourth-order valence-corrected chi connectivity index (χ4v) is 3.55. The Balaban J connectivity index is 1.79. The Morgan fingerprint density at radius 2 is 2.08 bits per heavy atom. The number of likely N-dealkylation sites (tertiary alicyclic amines) is 1. The number of aromatic amines is 1. The number of benzene rings is 1. The molecule has 2 unspecified atom stereocenters. The minimum absolute atomic E-state index is 0.126. The smallest absolute Gasteiger partial charge is 0.271 e. The predicted molar refractivity (Wildman–Crippen MR) is 97.5 cm³/mol. The van der Waals surface area contributed by atoms with E-state index >= 15 is 0 Å². The lowest BCUT2D eigenvalue weighted by atomic mass is 9.96. The molecule has 1 aliphatic heterocycles. The van der Waals surface area contributed by atoms with Gasteiger partial charge >= 0.3 is 0 Å². The molecule has 1 aromatic carbocycles. The first kappa shape index (κ1) is 18.1. The van der Waals surface area contributed by atoms with Crippen LogP contribution >= 0.6 is 0 Å². The highest BCUT2D eigenvalue weighted by Gasteiger charge is 2.39. The first-order chi connectivity index (χ1) is 12.4. The third-order valence-corrected chi connectivity index (χ3v) is 5.01. The number of nitrogens with one attached hydrogen (secondary N) is 2. The minimum Gasteiger partial charge on any atom is -0.396 e. The summed E-state index contributed by atoms with van der Waals surface area (Å²) < 4.78 is 0. The van der Waals surface area contributed by atoms with Crippen molar-refractivity contribution >= 4 is 11.8 Å². The summed E-state index contributed by atoms with van der Waals surface area (Å²) in [6.45, 7) is 4.56. The lowest BCUT2D eigenvalue weighted by molar-refractivity contribution is -0.125. The monoisotopic (exact) mass is 356 g/mol. The maximum Gasteiger partial charge on any atom is 0.271 e. The second-order valence-corrected chi connectivity index (χ2v) is 6.86. The summed E-state index contributed by atoms with van der Waals surface area (Å²) in [6, 6.07) is 7.82. The van der Waals surface area contributed by atoms with Crippen LogP contribution in [0.15, 0.2) is 24.3 Å². The van der Waals surface area contributed by atoms with Gasteiger partial charge in [-0.2, -0.15) is 5.10 Å². The number of aryl methyl sites for hydroxylation is 2. The van der Waals surface area contributed by atoms with Crippen molar-refractivity contribution < 1.29 is 14.7 Å². The average molecular weight is 356 g/mol. The van der Waals surface area contributed by atoms with Crippen LogP contribution in [0.3, 0.4) is 0 Å². The quantitative estimate of drug-likeness (QED) is 0.764. The number of aliphatic hydroxyl groups excluding tert-OH is 1. The van der Waals surface area contributed by atoms with Gasteiger partial charge in [0.15, 0.2) is 0 Å². The van der Waals surface area contributed by atoms with Gasteiger partial charge in [-0.1, -0.05) is 23.8 Å². The van der Waals surface area contributed by atoms with E-state index in [1.807, 2.05) is 26.0 Å². The first-order valence-electron chi connectivity index (χ1n) is 8.69. The van der Waals surface area contributed by atoms with Gasteiger partial charge in [0.05, 0.1) is 11.6 Å². The molecular formula is C19H24N4O3. The van der Waals surface area contributed by atoms with E-state index in [0.717, 1.165) is 11.1 Å². The number of amides is 2. The Hall–Kier alpha value is -2.67. The number of carbonyl (C=O) groups excluding carboxylic acids is 2. The second kappa shape index (κ2) is 7.29. The van der Waals surface area contributed by atoms with E-state index in [9.17, 15) is 14.7 Å². The van der Waals surface area contributed by atoms with E-state index in [4.69, 9.17) is 0 Å². The van der Waals surface area contributed by atoms with Crippen molar-refractivity contribution in [3.05, 3.63) is 41.1 Å².